The molecule has 2 heterocycles. The molecule has 0 aromatic carbocycles. The largest absolute Gasteiger partial charge is 0.376 e. The lowest BCUT2D eigenvalue weighted by Gasteiger charge is -2.36. The Hall–Kier alpha value is -0.930. The van der Waals surface area contributed by atoms with Crippen molar-refractivity contribution in [3.8, 4) is 0 Å². The van der Waals surface area contributed by atoms with Crippen LogP contribution in [0, 0.1) is 0 Å². The van der Waals surface area contributed by atoms with Crippen LogP contribution in [-0.2, 0) is 11.2 Å². The molecule has 16 heavy (non-hydrogen) atoms. The molecular formula is C13H20N2O. The Morgan fingerprint density at radius 3 is 2.88 bits per heavy atom. The lowest BCUT2D eigenvalue weighted by atomic mass is 10.1. The number of hydrogen-bond acceptors (Lipinski definition) is 3. The molecule has 3 heteroatoms. The maximum atomic E-state index is 5.62. The fourth-order valence-electron chi connectivity index (χ4n) is 2.11. The van der Waals surface area contributed by atoms with Crippen molar-refractivity contribution in [3.63, 3.8) is 0 Å². The molecule has 1 aliphatic rings. The molecule has 0 N–H and O–H groups in total. The molecular weight excluding hydrogens is 200 g/mol. The van der Waals surface area contributed by atoms with E-state index in [4.69, 9.17) is 4.74 Å². The Bertz CT molecular complexity index is 315. The zero-order chi connectivity index (χ0) is 11.4. The smallest absolute Gasteiger partial charge is 0.0674 e. The van der Waals surface area contributed by atoms with Crippen LogP contribution in [0.1, 0.15) is 19.4 Å². The summed E-state index contributed by atoms with van der Waals surface area (Å²) in [7, 11) is 0. The number of rotatable bonds is 3. The molecule has 0 amide bonds. The minimum atomic E-state index is 0.369. The Morgan fingerprint density at radius 2 is 2.12 bits per heavy atom. The van der Waals surface area contributed by atoms with Crippen LogP contribution in [-0.4, -0.2) is 41.7 Å². The van der Waals surface area contributed by atoms with Crippen LogP contribution in [0.3, 0.4) is 0 Å². The van der Waals surface area contributed by atoms with Gasteiger partial charge in [0.2, 0.25) is 0 Å². The number of morpholine rings is 1. The first-order valence-electron chi connectivity index (χ1n) is 6.00. The van der Waals surface area contributed by atoms with Crippen LogP contribution in [0.5, 0.6) is 0 Å². The summed E-state index contributed by atoms with van der Waals surface area (Å²) in [6.45, 7) is 7.40. The van der Waals surface area contributed by atoms with E-state index >= 15 is 0 Å². The van der Waals surface area contributed by atoms with Gasteiger partial charge in [0, 0.05) is 31.5 Å². The maximum absolute atomic E-state index is 5.62. The fraction of sp³-hybridized carbons (Fsp3) is 0.615. The molecule has 0 unspecified atom stereocenters. The van der Waals surface area contributed by atoms with Crippen LogP contribution in [0.25, 0.3) is 0 Å². The van der Waals surface area contributed by atoms with E-state index in [0.717, 1.165) is 26.1 Å². The number of ether oxygens (including phenoxy) is 1. The normalized spacial score (nSPS) is 26.9. The SMILES string of the molecule is C[C@H]1CN(CCc2ccncc2)[C@@H](C)CO1. The molecule has 1 aliphatic heterocycles. The van der Waals surface area contributed by atoms with Gasteiger partial charge < -0.3 is 4.74 Å². The van der Waals surface area contributed by atoms with Gasteiger partial charge in [-0.15, -0.1) is 0 Å². The van der Waals surface area contributed by atoms with Gasteiger partial charge >= 0.3 is 0 Å². The average molecular weight is 220 g/mol. The highest BCUT2D eigenvalue weighted by molar-refractivity contribution is 5.10. The van der Waals surface area contributed by atoms with Crippen LogP contribution >= 0.6 is 0 Å². The lowest BCUT2D eigenvalue weighted by Crippen LogP contribution is -2.47. The van der Waals surface area contributed by atoms with Gasteiger partial charge in [-0.25, -0.2) is 0 Å². The second kappa shape index (κ2) is 5.41. The third-order valence-electron chi connectivity index (χ3n) is 3.17. The van der Waals surface area contributed by atoms with E-state index in [1.54, 1.807) is 0 Å². The predicted molar refractivity (Wildman–Crippen MR) is 64.4 cm³/mol. The predicted octanol–water partition coefficient (Wildman–Crippen LogP) is 1.73. The van der Waals surface area contributed by atoms with Crippen molar-refractivity contribution >= 4 is 0 Å². The minimum Gasteiger partial charge on any atom is -0.376 e. The van der Waals surface area contributed by atoms with Gasteiger partial charge in [0.25, 0.3) is 0 Å². The van der Waals surface area contributed by atoms with Crippen molar-refractivity contribution in [2.75, 3.05) is 19.7 Å². The van der Waals surface area contributed by atoms with E-state index < -0.39 is 0 Å². The molecule has 1 aromatic heterocycles. The van der Waals surface area contributed by atoms with Crippen molar-refractivity contribution in [2.24, 2.45) is 0 Å². The van der Waals surface area contributed by atoms with Gasteiger partial charge in [-0.1, -0.05) is 0 Å². The molecule has 2 rings (SSSR count). The third-order valence-corrected chi connectivity index (χ3v) is 3.17. The maximum Gasteiger partial charge on any atom is 0.0674 e. The van der Waals surface area contributed by atoms with E-state index in [1.165, 1.54) is 5.56 Å². The summed E-state index contributed by atoms with van der Waals surface area (Å²) in [4.78, 5) is 6.54. The number of pyridine rings is 1. The molecule has 0 bridgehead atoms. The molecule has 88 valence electrons. The van der Waals surface area contributed by atoms with Gasteiger partial charge in [0.15, 0.2) is 0 Å². The molecule has 1 aromatic rings. The van der Waals surface area contributed by atoms with Crippen LogP contribution in [0.15, 0.2) is 24.5 Å². The Morgan fingerprint density at radius 1 is 1.38 bits per heavy atom. The second-order valence-corrected chi connectivity index (χ2v) is 4.59. The number of nitrogens with zero attached hydrogens (tertiary/aromatic N) is 2. The standard InChI is InChI=1S/C13H20N2O/c1-11-10-16-12(2)9-15(11)8-5-13-3-6-14-7-4-13/h3-4,6-7,11-12H,5,8-10H2,1-2H3/t11-,12-/m0/s1. The summed E-state index contributed by atoms with van der Waals surface area (Å²) in [6, 6.07) is 4.72. The van der Waals surface area contributed by atoms with Crippen LogP contribution < -0.4 is 0 Å². The van der Waals surface area contributed by atoms with E-state index in [0.29, 0.717) is 12.1 Å². The van der Waals surface area contributed by atoms with Crippen molar-refractivity contribution in [3.05, 3.63) is 30.1 Å². The van der Waals surface area contributed by atoms with E-state index in [2.05, 4.69) is 35.9 Å². The molecule has 0 spiro atoms. The zero-order valence-corrected chi connectivity index (χ0v) is 10.1. The summed E-state index contributed by atoms with van der Waals surface area (Å²) in [5.41, 5.74) is 1.36. The van der Waals surface area contributed by atoms with E-state index in [9.17, 15) is 0 Å². The zero-order valence-electron chi connectivity index (χ0n) is 10.1. The summed E-state index contributed by atoms with van der Waals surface area (Å²) >= 11 is 0. The van der Waals surface area contributed by atoms with Gasteiger partial charge in [-0.05, 0) is 38.0 Å². The molecule has 0 radical (unpaired) electrons. The molecule has 3 nitrogen and oxygen atoms in total. The van der Waals surface area contributed by atoms with Crippen LogP contribution in [0.2, 0.25) is 0 Å². The van der Waals surface area contributed by atoms with Gasteiger partial charge in [-0.3, -0.25) is 9.88 Å². The highest BCUT2D eigenvalue weighted by Crippen LogP contribution is 2.12. The van der Waals surface area contributed by atoms with E-state index in [-0.39, 0.29) is 0 Å². The highest BCUT2D eigenvalue weighted by atomic mass is 16.5. The van der Waals surface area contributed by atoms with Crippen molar-refractivity contribution < 1.29 is 4.74 Å². The Balaban J connectivity index is 1.85. The number of aromatic nitrogens is 1. The first-order valence-corrected chi connectivity index (χ1v) is 6.00. The molecule has 0 saturated carbocycles. The second-order valence-electron chi connectivity index (χ2n) is 4.59. The summed E-state index contributed by atoms with van der Waals surface area (Å²) in [5, 5.41) is 0. The highest BCUT2D eigenvalue weighted by Gasteiger charge is 2.22. The molecule has 1 saturated heterocycles. The molecule has 0 aliphatic carbocycles. The summed E-state index contributed by atoms with van der Waals surface area (Å²) < 4.78 is 5.62. The Kier molecular flexibility index (Phi) is 3.91. The van der Waals surface area contributed by atoms with Crippen molar-refractivity contribution in [1.82, 2.24) is 9.88 Å². The minimum absolute atomic E-state index is 0.369. The lowest BCUT2D eigenvalue weighted by molar-refractivity contribution is -0.0487. The van der Waals surface area contributed by atoms with Gasteiger partial charge in [0.1, 0.15) is 0 Å². The first-order chi connectivity index (χ1) is 7.75. The summed E-state index contributed by atoms with van der Waals surface area (Å²) in [6.07, 6.45) is 5.19. The monoisotopic (exact) mass is 220 g/mol. The van der Waals surface area contributed by atoms with Crippen LogP contribution in [0.4, 0.5) is 0 Å². The van der Waals surface area contributed by atoms with Gasteiger partial charge in [0.05, 0.1) is 12.7 Å². The fourth-order valence-corrected chi connectivity index (χ4v) is 2.11. The first kappa shape index (κ1) is 11.6. The van der Waals surface area contributed by atoms with Crippen molar-refractivity contribution in [1.29, 1.82) is 0 Å². The Labute approximate surface area is 97.4 Å². The van der Waals surface area contributed by atoms with Crippen molar-refractivity contribution in [2.45, 2.75) is 32.4 Å². The van der Waals surface area contributed by atoms with Gasteiger partial charge in [-0.2, -0.15) is 0 Å². The topological polar surface area (TPSA) is 25.4 Å². The number of hydrogen-bond donors (Lipinski definition) is 0. The van der Waals surface area contributed by atoms with E-state index in [1.807, 2.05) is 12.4 Å². The third kappa shape index (κ3) is 3.03. The summed E-state index contributed by atoms with van der Waals surface area (Å²) in [5.74, 6) is 0. The quantitative estimate of drug-likeness (QED) is 0.775. The average Bonchev–Trinajstić information content (AvgIpc) is 2.32. The molecule has 2 atom stereocenters. The molecule has 1 fully saturated rings.